The highest BCUT2D eigenvalue weighted by Crippen LogP contribution is 2.32. The Morgan fingerprint density at radius 3 is 2.33 bits per heavy atom. The standard InChI is InChI=1S/C24H26N2O4/c1-29-23(27)19-7-9-20(10-8-19)25-15-16-26(24(25)28)21-11-13-22(14-12-21)30-17-18-5-3-2-4-6-18/h2-6,11-16,19-20H,7-10,17H2,1H3/t19-,20-. The lowest BCUT2D eigenvalue weighted by Crippen LogP contribution is -2.30. The molecule has 0 spiro atoms. The molecule has 0 atom stereocenters. The average Bonchev–Trinajstić information content (AvgIpc) is 3.19. The van der Waals surface area contributed by atoms with Gasteiger partial charge in [0.15, 0.2) is 0 Å². The van der Waals surface area contributed by atoms with E-state index in [1.54, 1.807) is 15.3 Å². The molecule has 1 aliphatic carbocycles. The number of esters is 1. The zero-order chi connectivity index (χ0) is 20.9. The zero-order valence-corrected chi connectivity index (χ0v) is 17.1. The zero-order valence-electron chi connectivity index (χ0n) is 17.1. The lowest BCUT2D eigenvalue weighted by atomic mass is 9.86. The first-order valence-corrected chi connectivity index (χ1v) is 10.3. The van der Waals surface area contributed by atoms with Crippen LogP contribution in [-0.2, 0) is 16.1 Å². The van der Waals surface area contributed by atoms with Crippen LogP contribution in [0.25, 0.3) is 5.69 Å². The van der Waals surface area contributed by atoms with E-state index < -0.39 is 0 Å². The van der Waals surface area contributed by atoms with E-state index in [-0.39, 0.29) is 23.6 Å². The van der Waals surface area contributed by atoms with E-state index in [2.05, 4.69) is 0 Å². The number of nitrogens with zero attached hydrogens (tertiary/aromatic N) is 2. The second kappa shape index (κ2) is 9.03. The van der Waals surface area contributed by atoms with Gasteiger partial charge in [-0.3, -0.25) is 13.9 Å². The molecule has 0 bridgehead atoms. The second-order valence-corrected chi connectivity index (χ2v) is 7.65. The van der Waals surface area contributed by atoms with Crippen LogP contribution in [0.1, 0.15) is 37.3 Å². The minimum absolute atomic E-state index is 0.0486. The fourth-order valence-corrected chi connectivity index (χ4v) is 4.07. The number of aromatic nitrogens is 2. The van der Waals surface area contributed by atoms with E-state index in [4.69, 9.17) is 9.47 Å². The Morgan fingerprint density at radius 1 is 0.967 bits per heavy atom. The summed E-state index contributed by atoms with van der Waals surface area (Å²) < 4.78 is 14.1. The van der Waals surface area contributed by atoms with Crippen molar-refractivity contribution in [2.45, 2.75) is 38.3 Å². The molecule has 1 heterocycles. The van der Waals surface area contributed by atoms with Crippen molar-refractivity contribution in [1.29, 1.82) is 0 Å². The molecule has 0 unspecified atom stereocenters. The van der Waals surface area contributed by atoms with Crippen LogP contribution in [0.15, 0.2) is 71.8 Å². The van der Waals surface area contributed by atoms with Crippen molar-refractivity contribution in [3.63, 3.8) is 0 Å². The Kier molecular flexibility index (Phi) is 6.02. The molecule has 1 aromatic heterocycles. The Bertz CT molecular complexity index is 1030. The van der Waals surface area contributed by atoms with Gasteiger partial charge >= 0.3 is 11.7 Å². The van der Waals surface area contributed by atoms with Crippen molar-refractivity contribution < 1.29 is 14.3 Å². The maximum atomic E-state index is 12.9. The van der Waals surface area contributed by atoms with Crippen molar-refractivity contribution in [3.05, 3.63) is 83.0 Å². The van der Waals surface area contributed by atoms with Gasteiger partial charge in [0.05, 0.1) is 18.7 Å². The molecule has 0 saturated heterocycles. The van der Waals surface area contributed by atoms with Gasteiger partial charge in [0.1, 0.15) is 12.4 Å². The molecule has 0 N–H and O–H groups in total. The van der Waals surface area contributed by atoms with Crippen LogP contribution < -0.4 is 10.4 Å². The fraction of sp³-hybridized carbons (Fsp3) is 0.333. The highest BCUT2D eigenvalue weighted by Gasteiger charge is 2.28. The summed E-state index contributed by atoms with van der Waals surface area (Å²) in [6.45, 7) is 0.505. The highest BCUT2D eigenvalue weighted by atomic mass is 16.5. The summed E-state index contributed by atoms with van der Waals surface area (Å²) in [6, 6.07) is 17.7. The first-order chi connectivity index (χ1) is 14.7. The van der Waals surface area contributed by atoms with Gasteiger partial charge in [-0.15, -0.1) is 0 Å². The normalized spacial score (nSPS) is 18.7. The summed E-state index contributed by atoms with van der Waals surface area (Å²) in [4.78, 5) is 24.7. The molecule has 156 valence electrons. The molecular formula is C24H26N2O4. The predicted molar refractivity (Wildman–Crippen MR) is 114 cm³/mol. The van der Waals surface area contributed by atoms with Crippen LogP contribution >= 0.6 is 0 Å². The third kappa shape index (κ3) is 4.32. The largest absolute Gasteiger partial charge is 0.489 e. The van der Waals surface area contributed by atoms with Crippen molar-refractivity contribution in [2.24, 2.45) is 5.92 Å². The van der Waals surface area contributed by atoms with Gasteiger partial charge in [-0.25, -0.2) is 4.79 Å². The van der Waals surface area contributed by atoms with Crippen molar-refractivity contribution in [3.8, 4) is 11.4 Å². The van der Waals surface area contributed by atoms with Gasteiger partial charge in [0, 0.05) is 18.4 Å². The van der Waals surface area contributed by atoms with E-state index in [9.17, 15) is 9.59 Å². The van der Waals surface area contributed by atoms with Crippen LogP contribution in [0.5, 0.6) is 5.75 Å². The van der Waals surface area contributed by atoms with Gasteiger partial charge in [-0.2, -0.15) is 0 Å². The average molecular weight is 406 g/mol. The maximum Gasteiger partial charge on any atom is 0.332 e. The van der Waals surface area contributed by atoms with E-state index in [1.807, 2.05) is 60.8 Å². The third-order valence-corrected chi connectivity index (χ3v) is 5.79. The molecule has 6 heteroatoms. The molecule has 0 radical (unpaired) electrons. The van der Waals surface area contributed by atoms with E-state index in [1.165, 1.54) is 7.11 Å². The first-order valence-electron chi connectivity index (χ1n) is 10.3. The van der Waals surface area contributed by atoms with Gasteiger partial charge in [0.2, 0.25) is 0 Å². The molecule has 2 aromatic carbocycles. The Morgan fingerprint density at radius 2 is 1.67 bits per heavy atom. The second-order valence-electron chi connectivity index (χ2n) is 7.65. The minimum Gasteiger partial charge on any atom is -0.489 e. The van der Waals surface area contributed by atoms with Crippen molar-refractivity contribution >= 4 is 5.97 Å². The summed E-state index contributed by atoms with van der Waals surface area (Å²) in [5.41, 5.74) is 1.85. The minimum atomic E-state index is -0.145. The van der Waals surface area contributed by atoms with E-state index >= 15 is 0 Å². The van der Waals surface area contributed by atoms with Gasteiger partial charge in [-0.1, -0.05) is 30.3 Å². The van der Waals surface area contributed by atoms with Crippen molar-refractivity contribution in [1.82, 2.24) is 9.13 Å². The number of methoxy groups -OCH3 is 1. The molecule has 4 rings (SSSR count). The Labute approximate surface area is 175 Å². The lowest BCUT2D eigenvalue weighted by Gasteiger charge is -2.27. The van der Waals surface area contributed by atoms with Crippen LogP contribution in [0, 0.1) is 5.92 Å². The van der Waals surface area contributed by atoms with Crippen LogP contribution in [-0.4, -0.2) is 22.2 Å². The van der Waals surface area contributed by atoms with Crippen molar-refractivity contribution in [2.75, 3.05) is 7.11 Å². The number of carbonyl (C=O) groups excluding carboxylic acids is 1. The molecule has 1 saturated carbocycles. The number of rotatable bonds is 6. The summed E-state index contributed by atoms with van der Waals surface area (Å²) in [5, 5.41) is 0. The lowest BCUT2D eigenvalue weighted by molar-refractivity contribution is -0.146. The van der Waals surface area contributed by atoms with Gasteiger partial charge in [-0.05, 0) is 55.5 Å². The van der Waals surface area contributed by atoms with Crippen LogP contribution in [0.4, 0.5) is 0 Å². The number of ether oxygens (including phenoxy) is 2. The number of hydrogen-bond acceptors (Lipinski definition) is 4. The molecule has 1 fully saturated rings. The predicted octanol–water partition coefficient (Wildman–Crippen LogP) is 4.12. The van der Waals surface area contributed by atoms with Crippen LogP contribution in [0.2, 0.25) is 0 Å². The van der Waals surface area contributed by atoms with Gasteiger partial charge in [0.25, 0.3) is 0 Å². The number of benzene rings is 2. The topological polar surface area (TPSA) is 62.5 Å². The third-order valence-electron chi connectivity index (χ3n) is 5.79. The maximum absolute atomic E-state index is 12.9. The first kappa shape index (κ1) is 20.0. The smallest absolute Gasteiger partial charge is 0.332 e. The fourth-order valence-electron chi connectivity index (χ4n) is 4.07. The number of hydrogen-bond donors (Lipinski definition) is 0. The summed E-state index contributed by atoms with van der Waals surface area (Å²) >= 11 is 0. The molecule has 0 amide bonds. The number of carbonyl (C=O) groups is 1. The summed E-state index contributed by atoms with van der Waals surface area (Å²) in [7, 11) is 1.43. The van der Waals surface area contributed by atoms with Crippen LogP contribution in [0.3, 0.4) is 0 Å². The molecular weight excluding hydrogens is 380 g/mol. The van der Waals surface area contributed by atoms with E-state index in [0.29, 0.717) is 6.61 Å². The SMILES string of the molecule is COC(=O)[C@H]1CC[C@H](n2ccn(-c3ccc(OCc4ccccc4)cc3)c2=O)CC1. The molecule has 6 nitrogen and oxygen atoms in total. The molecule has 1 aliphatic rings. The monoisotopic (exact) mass is 406 g/mol. The van der Waals surface area contributed by atoms with E-state index in [0.717, 1.165) is 42.7 Å². The van der Waals surface area contributed by atoms with Gasteiger partial charge < -0.3 is 9.47 Å². The quantitative estimate of drug-likeness (QED) is 0.578. The molecule has 3 aromatic rings. The summed E-state index contributed by atoms with van der Waals surface area (Å²) in [5.74, 6) is 0.566. The number of imidazole rings is 1. The summed E-state index contributed by atoms with van der Waals surface area (Å²) in [6.07, 6.45) is 6.75. The highest BCUT2D eigenvalue weighted by molar-refractivity contribution is 5.72. The Balaban J connectivity index is 1.41. The Hall–Kier alpha value is -3.28. The molecule has 0 aliphatic heterocycles. The molecule has 30 heavy (non-hydrogen) atoms.